The molecule has 11 heteroatoms. The van der Waals surface area contributed by atoms with E-state index in [0.717, 1.165) is 37.1 Å². The van der Waals surface area contributed by atoms with Gasteiger partial charge in [0.05, 0.1) is 24.6 Å². The summed E-state index contributed by atoms with van der Waals surface area (Å²) in [5.41, 5.74) is 0.276. The Morgan fingerprint density at radius 2 is 1.95 bits per heavy atom. The quantitative estimate of drug-likeness (QED) is 0.430. The van der Waals surface area contributed by atoms with Gasteiger partial charge in [0, 0.05) is 12.1 Å². The molecule has 3 aliphatic rings. The summed E-state index contributed by atoms with van der Waals surface area (Å²) in [7, 11) is 3.61. The van der Waals surface area contributed by atoms with Crippen molar-refractivity contribution in [3.05, 3.63) is 29.8 Å². The number of aliphatic hydroxyl groups is 1. The van der Waals surface area contributed by atoms with Gasteiger partial charge in [-0.3, -0.25) is 9.69 Å². The van der Waals surface area contributed by atoms with Gasteiger partial charge < -0.3 is 29.4 Å². The van der Waals surface area contributed by atoms with Crippen molar-refractivity contribution in [2.24, 2.45) is 5.92 Å². The van der Waals surface area contributed by atoms with Crippen LogP contribution in [0.4, 0.5) is 0 Å². The smallest absolute Gasteiger partial charge is 0.237 e. The van der Waals surface area contributed by atoms with E-state index in [1.54, 1.807) is 7.11 Å². The van der Waals surface area contributed by atoms with Crippen LogP contribution in [0, 0.1) is 5.92 Å². The van der Waals surface area contributed by atoms with Crippen molar-refractivity contribution in [1.82, 2.24) is 10.2 Å². The molecule has 1 aromatic rings. The molecule has 0 radical (unpaired) electrons. The average Bonchev–Trinajstić information content (AvgIpc) is 3.47. The predicted octanol–water partition coefficient (Wildman–Crippen LogP) is 3.58. The molecule has 0 bridgehead atoms. The zero-order valence-electron chi connectivity index (χ0n) is 22.0. The molecule has 37 heavy (non-hydrogen) atoms. The van der Waals surface area contributed by atoms with Crippen LogP contribution in [0.25, 0.3) is 0 Å². The zero-order valence-corrected chi connectivity index (χ0v) is 24.4. The summed E-state index contributed by atoms with van der Waals surface area (Å²) < 4.78 is 24.1. The Kier molecular flexibility index (Phi) is 11.2. The number of aliphatic hydroxyl groups excluding tert-OH is 1. The Bertz CT molecular complexity index is 881. The molecule has 2 N–H and O–H groups in total. The highest BCUT2D eigenvalue weighted by Crippen LogP contribution is 2.42. The molecule has 8 nitrogen and oxygen atoms in total. The monoisotopic (exact) mass is 578 g/mol. The molecule has 210 valence electrons. The van der Waals surface area contributed by atoms with Gasteiger partial charge >= 0.3 is 0 Å². The second-order valence-corrected chi connectivity index (χ2v) is 11.7. The van der Waals surface area contributed by atoms with E-state index in [2.05, 4.69) is 17.1 Å². The van der Waals surface area contributed by atoms with Crippen LogP contribution >= 0.6 is 35.8 Å². The van der Waals surface area contributed by atoms with Crippen LogP contribution in [0.2, 0.25) is 0 Å². The Hall–Kier alpha value is -0.780. The average molecular weight is 580 g/mol. The number of fused-ring (bicyclic) bond motifs is 1. The minimum absolute atomic E-state index is 0. The molecule has 0 spiro atoms. The molecular weight excluding hydrogens is 539 g/mol. The van der Waals surface area contributed by atoms with E-state index < -0.39 is 47.6 Å². The highest BCUT2D eigenvalue weighted by molar-refractivity contribution is 7.99. The first-order chi connectivity index (χ1) is 17.3. The third-order valence-electron chi connectivity index (χ3n) is 7.53. The molecule has 1 aromatic carbocycles. The van der Waals surface area contributed by atoms with E-state index in [1.165, 1.54) is 11.8 Å². The number of likely N-dealkylation sites (tertiary alicyclic amines) is 1. The van der Waals surface area contributed by atoms with Gasteiger partial charge in [-0.1, -0.05) is 25.5 Å². The van der Waals surface area contributed by atoms with Crippen molar-refractivity contribution in [1.29, 1.82) is 0 Å². The first-order valence-electron chi connectivity index (χ1n) is 12.7. The van der Waals surface area contributed by atoms with Crippen LogP contribution in [0.3, 0.4) is 0 Å². The molecule has 3 fully saturated rings. The SMILES string of the molecule is CCCC1CC(C(=O)NC(C(C)Cl)C2O[C@@H](SC)C(O)C3OC(c4ccc(OC)cc4)O[C@@H]23)N(C)C1.Cl. The second-order valence-electron chi connectivity index (χ2n) is 10.1. The third-order valence-corrected chi connectivity index (χ3v) is 8.65. The minimum Gasteiger partial charge on any atom is -0.497 e. The van der Waals surface area contributed by atoms with Crippen LogP contribution in [-0.4, -0.2) is 90.2 Å². The Labute approximate surface area is 235 Å². The van der Waals surface area contributed by atoms with E-state index in [-0.39, 0.29) is 24.4 Å². The molecule has 0 aromatic heterocycles. The van der Waals surface area contributed by atoms with E-state index in [1.807, 2.05) is 44.5 Å². The molecule has 0 aliphatic carbocycles. The number of hydrogen-bond donors (Lipinski definition) is 2. The summed E-state index contributed by atoms with van der Waals surface area (Å²) in [6.45, 7) is 4.94. The zero-order chi connectivity index (χ0) is 26.0. The van der Waals surface area contributed by atoms with Crippen molar-refractivity contribution >= 4 is 41.7 Å². The molecular formula is C26H40Cl2N2O6S. The van der Waals surface area contributed by atoms with E-state index >= 15 is 0 Å². The van der Waals surface area contributed by atoms with Crippen molar-refractivity contribution in [3.63, 3.8) is 0 Å². The maximum absolute atomic E-state index is 13.4. The Morgan fingerprint density at radius 3 is 2.54 bits per heavy atom. The standard InChI is InChI=1S/C26H39ClN2O6S.ClH/c1-6-7-15-12-18(29(3)13-15)24(31)28-19(14(2)27)21-23-22(20(30)26(35-21)36-5)33-25(34-23)16-8-10-17(32-4)11-9-16;/h8-11,14-15,18-23,25-26,30H,6-7,12-13H2,1-5H3,(H,28,31);1H/t14?,15?,18?,19?,20?,21?,22?,23-,25?,26-;/m0./s1. The summed E-state index contributed by atoms with van der Waals surface area (Å²) in [4.78, 5) is 15.5. The van der Waals surface area contributed by atoms with Gasteiger partial charge in [0.15, 0.2) is 6.29 Å². The molecule has 3 saturated heterocycles. The lowest BCUT2D eigenvalue weighted by atomic mass is 9.92. The number of alkyl halides is 1. The first kappa shape index (κ1) is 30.8. The second kappa shape index (κ2) is 13.5. The summed E-state index contributed by atoms with van der Waals surface area (Å²) >= 11 is 8.06. The van der Waals surface area contributed by atoms with Crippen LogP contribution in [0.1, 0.15) is 45.0 Å². The number of halogens is 2. The number of benzene rings is 1. The fraction of sp³-hybridized carbons (Fsp3) is 0.731. The maximum Gasteiger partial charge on any atom is 0.237 e. The van der Waals surface area contributed by atoms with E-state index in [0.29, 0.717) is 5.92 Å². The van der Waals surface area contributed by atoms with Crippen molar-refractivity contribution < 1.29 is 28.8 Å². The van der Waals surface area contributed by atoms with Crippen LogP contribution in [-0.2, 0) is 19.0 Å². The fourth-order valence-electron chi connectivity index (χ4n) is 5.63. The number of nitrogens with one attached hydrogen (secondary N) is 1. The number of amides is 1. The lowest BCUT2D eigenvalue weighted by molar-refractivity contribution is -0.167. The number of carbonyl (C=O) groups is 1. The van der Waals surface area contributed by atoms with Crippen molar-refractivity contribution in [2.45, 2.75) is 86.7 Å². The third kappa shape index (κ3) is 6.69. The molecule has 0 saturated carbocycles. The molecule has 10 atom stereocenters. The van der Waals surface area contributed by atoms with Gasteiger partial charge in [-0.05, 0) is 51.1 Å². The van der Waals surface area contributed by atoms with Crippen LogP contribution in [0.15, 0.2) is 24.3 Å². The Morgan fingerprint density at radius 1 is 1.27 bits per heavy atom. The molecule has 4 rings (SSSR count). The van der Waals surface area contributed by atoms with Crippen LogP contribution < -0.4 is 10.1 Å². The van der Waals surface area contributed by atoms with Gasteiger partial charge in [-0.15, -0.1) is 35.8 Å². The molecule has 1 amide bonds. The maximum atomic E-state index is 13.4. The molecule has 8 unspecified atom stereocenters. The number of thioether (sulfide) groups is 1. The fourth-order valence-corrected chi connectivity index (χ4v) is 6.51. The number of methoxy groups -OCH3 is 1. The predicted molar refractivity (Wildman–Crippen MR) is 148 cm³/mol. The summed E-state index contributed by atoms with van der Waals surface area (Å²) in [5.74, 6) is 1.20. The van der Waals surface area contributed by atoms with E-state index in [9.17, 15) is 9.90 Å². The lowest BCUT2D eigenvalue weighted by Crippen LogP contribution is -2.64. The number of hydrogen-bond acceptors (Lipinski definition) is 8. The number of carbonyl (C=O) groups excluding carboxylic acids is 1. The van der Waals surface area contributed by atoms with Gasteiger partial charge in [0.1, 0.15) is 35.6 Å². The first-order valence-corrected chi connectivity index (χ1v) is 14.5. The molecule has 3 aliphatic heterocycles. The number of likely N-dealkylation sites (N-methyl/N-ethyl adjacent to an activating group) is 1. The summed E-state index contributed by atoms with van der Waals surface area (Å²) in [6, 6.07) is 6.71. The number of nitrogens with zero attached hydrogens (tertiary/aromatic N) is 1. The number of ether oxygens (including phenoxy) is 4. The van der Waals surface area contributed by atoms with Crippen LogP contribution in [0.5, 0.6) is 5.75 Å². The highest BCUT2D eigenvalue weighted by atomic mass is 35.5. The highest BCUT2D eigenvalue weighted by Gasteiger charge is 2.55. The number of rotatable bonds is 9. The van der Waals surface area contributed by atoms with Crippen molar-refractivity contribution in [3.8, 4) is 5.75 Å². The largest absolute Gasteiger partial charge is 0.497 e. The van der Waals surface area contributed by atoms with E-state index in [4.69, 9.17) is 30.5 Å². The van der Waals surface area contributed by atoms with Gasteiger partial charge in [0.25, 0.3) is 0 Å². The molecule has 3 heterocycles. The van der Waals surface area contributed by atoms with Gasteiger partial charge in [0.2, 0.25) is 5.91 Å². The topological polar surface area (TPSA) is 89.5 Å². The summed E-state index contributed by atoms with van der Waals surface area (Å²) in [5, 5.41) is 13.7. The lowest BCUT2D eigenvalue weighted by Gasteiger charge is -2.43. The summed E-state index contributed by atoms with van der Waals surface area (Å²) in [6.07, 6.45) is 1.56. The van der Waals surface area contributed by atoms with Gasteiger partial charge in [-0.25, -0.2) is 0 Å². The normalized spacial score (nSPS) is 35.3. The van der Waals surface area contributed by atoms with Crippen molar-refractivity contribution in [2.75, 3.05) is 27.0 Å². The minimum atomic E-state index is -0.887. The van der Waals surface area contributed by atoms with Gasteiger partial charge in [-0.2, -0.15) is 0 Å². The Balaban J connectivity index is 0.00000380.